The van der Waals surface area contributed by atoms with Gasteiger partial charge in [0.05, 0.1) is 11.0 Å². The van der Waals surface area contributed by atoms with E-state index in [0.29, 0.717) is 17.4 Å². The molecule has 1 saturated heterocycles. The van der Waals surface area contributed by atoms with E-state index in [-0.39, 0.29) is 10.6 Å². The molecule has 0 aromatic carbocycles. The van der Waals surface area contributed by atoms with Gasteiger partial charge < -0.3 is 10.6 Å². The number of aromatic nitrogens is 1. The van der Waals surface area contributed by atoms with E-state index >= 15 is 0 Å². The Morgan fingerprint density at radius 1 is 1.67 bits per heavy atom. The van der Waals surface area contributed by atoms with Crippen molar-refractivity contribution in [2.24, 2.45) is 0 Å². The van der Waals surface area contributed by atoms with E-state index in [4.69, 9.17) is 0 Å². The van der Waals surface area contributed by atoms with Crippen molar-refractivity contribution < 1.29 is 4.92 Å². The summed E-state index contributed by atoms with van der Waals surface area (Å²) in [6.07, 6.45) is 5.00. The van der Waals surface area contributed by atoms with Gasteiger partial charge in [-0.15, -0.1) is 0 Å². The first kappa shape index (κ1) is 12.8. The lowest BCUT2D eigenvalue weighted by Crippen LogP contribution is -2.24. The Labute approximate surface area is 106 Å². The lowest BCUT2D eigenvalue weighted by atomic mass is 10.1. The highest BCUT2D eigenvalue weighted by Gasteiger charge is 2.14. The Hall–Kier alpha value is -1.69. The third-order valence-electron chi connectivity index (χ3n) is 3.23. The number of hydrogen-bond donors (Lipinski definition) is 2. The van der Waals surface area contributed by atoms with Gasteiger partial charge in [0.2, 0.25) is 0 Å². The molecule has 0 radical (unpaired) electrons. The van der Waals surface area contributed by atoms with E-state index in [0.717, 1.165) is 19.5 Å². The van der Waals surface area contributed by atoms with E-state index < -0.39 is 0 Å². The maximum atomic E-state index is 10.8. The number of nitrogens with one attached hydrogen (secondary N) is 2. The number of pyridine rings is 1. The highest BCUT2D eigenvalue weighted by molar-refractivity contribution is 5.48. The Balaban J connectivity index is 1.88. The molecule has 1 fully saturated rings. The second-order valence-electron chi connectivity index (χ2n) is 4.62. The first-order chi connectivity index (χ1) is 8.66. The topological polar surface area (TPSA) is 80.1 Å². The number of hydrogen-bond acceptors (Lipinski definition) is 5. The van der Waals surface area contributed by atoms with Crippen LogP contribution in [-0.2, 0) is 0 Å². The summed E-state index contributed by atoms with van der Waals surface area (Å²) in [6.45, 7) is 3.57. The lowest BCUT2D eigenvalue weighted by molar-refractivity contribution is -0.385. The van der Waals surface area contributed by atoms with Crippen LogP contribution in [0.15, 0.2) is 12.3 Å². The van der Waals surface area contributed by atoms with Gasteiger partial charge in [-0.1, -0.05) is 0 Å². The normalized spacial score (nSPS) is 18.8. The smallest absolute Gasteiger partial charge is 0.277 e. The number of nitrogens with zero attached hydrogens (tertiary/aromatic N) is 2. The number of aryl methyl sites for hydroxylation is 1. The van der Waals surface area contributed by atoms with Crippen LogP contribution >= 0.6 is 0 Å². The van der Waals surface area contributed by atoms with Gasteiger partial charge in [0.1, 0.15) is 5.82 Å². The van der Waals surface area contributed by atoms with Crippen LogP contribution in [0.5, 0.6) is 0 Å². The average Bonchev–Trinajstić information content (AvgIpc) is 2.84. The van der Waals surface area contributed by atoms with Crippen molar-refractivity contribution in [3.05, 3.63) is 27.9 Å². The second kappa shape index (κ2) is 5.77. The molecule has 6 nitrogen and oxygen atoms in total. The third kappa shape index (κ3) is 3.16. The zero-order valence-corrected chi connectivity index (χ0v) is 10.5. The highest BCUT2D eigenvalue weighted by Crippen LogP contribution is 2.20. The van der Waals surface area contributed by atoms with Gasteiger partial charge in [-0.25, -0.2) is 4.98 Å². The summed E-state index contributed by atoms with van der Waals surface area (Å²) >= 11 is 0. The predicted octanol–water partition coefficient (Wildman–Crippen LogP) is 1.85. The van der Waals surface area contributed by atoms with Crippen LogP contribution in [0.1, 0.15) is 24.8 Å². The van der Waals surface area contributed by atoms with Gasteiger partial charge in [-0.3, -0.25) is 10.1 Å². The second-order valence-corrected chi connectivity index (χ2v) is 4.62. The molecule has 0 spiro atoms. The Kier molecular flexibility index (Phi) is 4.09. The third-order valence-corrected chi connectivity index (χ3v) is 3.23. The molecule has 98 valence electrons. The molecule has 0 bridgehead atoms. The minimum atomic E-state index is -0.374. The van der Waals surface area contributed by atoms with Gasteiger partial charge in [0, 0.05) is 24.3 Å². The van der Waals surface area contributed by atoms with Crippen molar-refractivity contribution in [3.8, 4) is 0 Å². The summed E-state index contributed by atoms with van der Waals surface area (Å²) in [7, 11) is 0. The molecule has 1 aromatic heterocycles. The van der Waals surface area contributed by atoms with Crippen LogP contribution in [0.4, 0.5) is 11.5 Å². The van der Waals surface area contributed by atoms with Crippen molar-refractivity contribution in [1.82, 2.24) is 10.3 Å². The number of anilines is 1. The average molecular weight is 250 g/mol. The van der Waals surface area contributed by atoms with Crippen LogP contribution in [0.3, 0.4) is 0 Å². The van der Waals surface area contributed by atoms with Crippen LogP contribution in [-0.4, -0.2) is 29.0 Å². The van der Waals surface area contributed by atoms with Gasteiger partial charge in [-0.05, 0) is 32.7 Å². The first-order valence-electron chi connectivity index (χ1n) is 6.25. The molecule has 1 atom stereocenters. The zero-order chi connectivity index (χ0) is 13.0. The number of rotatable bonds is 5. The van der Waals surface area contributed by atoms with Gasteiger partial charge >= 0.3 is 0 Å². The molecule has 2 rings (SSSR count). The van der Waals surface area contributed by atoms with Crippen molar-refractivity contribution in [2.75, 3.05) is 18.4 Å². The van der Waals surface area contributed by atoms with Crippen LogP contribution in [0, 0.1) is 17.0 Å². The van der Waals surface area contributed by atoms with Crippen LogP contribution in [0.2, 0.25) is 0 Å². The molecule has 18 heavy (non-hydrogen) atoms. The maximum absolute atomic E-state index is 10.8. The van der Waals surface area contributed by atoms with Crippen LogP contribution < -0.4 is 10.6 Å². The summed E-state index contributed by atoms with van der Waals surface area (Å²) in [5.74, 6) is 0.574. The molecule has 0 saturated carbocycles. The summed E-state index contributed by atoms with van der Waals surface area (Å²) < 4.78 is 0. The van der Waals surface area contributed by atoms with E-state index in [2.05, 4.69) is 15.6 Å². The van der Waals surface area contributed by atoms with E-state index in [1.54, 1.807) is 6.92 Å². The molecule has 0 aliphatic carbocycles. The standard InChI is InChI=1S/C12H18N4O2/c1-9-8-15-12(7-11(9)16(17)18)14-6-4-10-3-2-5-13-10/h7-8,10,13H,2-6H2,1H3,(H,14,15)/t10-/m0/s1. The van der Waals surface area contributed by atoms with Gasteiger partial charge in [-0.2, -0.15) is 0 Å². The fourth-order valence-electron chi connectivity index (χ4n) is 2.18. The Morgan fingerprint density at radius 3 is 3.17 bits per heavy atom. The largest absolute Gasteiger partial charge is 0.370 e. The molecule has 1 aromatic rings. The summed E-state index contributed by atoms with van der Waals surface area (Å²) in [5, 5.41) is 17.3. The minimum Gasteiger partial charge on any atom is -0.370 e. The molecule has 0 amide bonds. The molecular weight excluding hydrogens is 232 g/mol. The van der Waals surface area contributed by atoms with Crippen molar-refractivity contribution >= 4 is 11.5 Å². The lowest BCUT2D eigenvalue weighted by Gasteiger charge is -2.11. The monoisotopic (exact) mass is 250 g/mol. The van der Waals surface area contributed by atoms with Gasteiger partial charge in [0.25, 0.3) is 5.69 Å². The Morgan fingerprint density at radius 2 is 2.50 bits per heavy atom. The quantitative estimate of drug-likeness (QED) is 0.615. The predicted molar refractivity (Wildman–Crippen MR) is 69.8 cm³/mol. The van der Waals surface area contributed by atoms with E-state index in [1.165, 1.54) is 25.1 Å². The summed E-state index contributed by atoms with van der Waals surface area (Å²) in [6, 6.07) is 2.06. The van der Waals surface area contributed by atoms with Gasteiger partial charge in [0.15, 0.2) is 0 Å². The summed E-state index contributed by atoms with van der Waals surface area (Å²) in [5.41, 5.74) is 0.703. The number of nitro groups is 1. The maximum Gasteiger partial charge on any atom is 0.277 e. The van der Waals surface area contributed by atoms with Crippen molar-refractivity contribution in [3.63, 3.8) is 0 Å². The minimum absolute atomic E-state index is 0.117. The molecule has 6 heteroatoms. The molecule has 2 N–H and O–H groups in total. The van der Waals surface area contributed by atoms with Crippen LogP contribution in [0.25, 0.3) is 0 Å². The zero-order valence-electron chi connectivity index (χ0n) is 10.5. The van der Waals surface area contributed by atoms with E-state index in [9.17, 15) is 10.1 Å². The van der Waals surface area contributed by atoms with E-state index in [1.807, 2.05) is 0 Å². The highest BCUT2D eigenvalue weighted by atomic mass is 16.6. The molecule has 1 aliphatic rings. The van der Waals surface area contributed by atoms with Crippen molar-refractivity contribution in [2.45, 2.75) is 32.2 Å². The Bertz CT molecular complexity index is 430. The van der Waals surface area contributed by atoms with Crippen molar-refractivity contribution in [1.29, 1.82) is 0 Å². The molecule has 1 aliphatic heterocycles. The first-order valence-corrected chi connectivity index (χ1v) is 6.25. The summed E-state index contributed by atoms with van der Waals surface area (Å²) in [4.78, 5) is 14.6. The molecule has 0 unspecified atom stereocenters. The molecular formula is C12H18N4O2. The SMILES string of the molecule is Cc1cnc(NCC[C@@H]2CCCN2)cc1[N+](=O)[O-]. The fraction of sp³-hybridized carbons (Fsp3) is 0.583. The molecule has 2 heterocycles. The fourth-order valence-corrected chi connectivity index (χ4v) is 2.18.